The monoisotopic (exact) mass is 455 g/mol. The van der Waals surface area contributed by atoms with E-state index < -0.39 is 5.41 Å². The van der Waals surface area contributed by atoms with Crippen LogP contribution >= 0.6 is 11.3 Å². The van der Waals surface area contributed by atoms with Gasteiger partial charge >= 0.3 is 0 Å². The quantitative estimate of drug-likeness (QED) is 0.414. The summed E-state index contributed by atoms with van der Waals surface area (Å²) in [6.45, 7) is 2.72. The van der Waals surface area contributed by atoms with E-state index in [1.807, 2.05) is 79.7 Å². The number of rotatable bonds is 6. The first-order valence-electron chi connectivity index (χ1n) is 11.1. The van der Waals surface area contributed by atoms with Gasteiger partial charge in [-0.3, -0.25) is 9.59 Å². The number of fused-ring (bicyclic) bond motifs is 1. The van der Waals surface area contributed by atoms with Crippen molar-refractivity contribution in [2.75, 3.05) is 16.8 Å². The third-order valence-electron chi connectivity index (χ3n) is 6.27. The number of thiazole rings is 1. The molecule has 1 N–H and O–H groups in total. The Morgan fingerprint density at radius 3 is 2.45 bits per heavy atom. The van der Waals surface area contributed by atoms with Crippen LogP contribution in [-0.2, 0) is 21.4 Å². The van der Waals surface area contributed by atoms with Gasteiger partial charge in [0.2, 0.25) is 11.8 Å². The summed E-state index contributed by atoms with van der Waals surface area (Å²) in [6, 6.07) is 25.4. The van der Waals surface area contributed by atoms with Gasteiger partial charge in [0.25, 0.3) is 0 Å². The number of amides is 2. The van der Waals surface area contributed by atoms with Crippen LogP contribution in [0.4, 0.5) is 11.4 Å². The second-order valence-electron chi connectivity index (χ2n) is 8.60. The zero-order valence-corrected chi connectivity index (χ0v) is 19.3. The fourth-order valence-corrected chi connectivity index (χ4v) is 5.46. The van der Waals surface area contributed by atoms with E-state index in [2.05, 4.69) is 11.4 Å². The van der Waals surface area contributed by atoms with Gasteiger partial charge in [0.1, 0.15) is 0 Å². The Kier molecular flexibility index (Phi) is 5.68. The van der Waals surface area contributed by atoms with Gasteiger partial charge in [-0.1, -0.05) is 42.5 Å². The molecule has 1 aliphatic heterocycles. The van der Waals surface area contributed by atoms with E-state index in [0.29, 0.717) is 18.5 Å². The van der Waals surface area contributed by atoms with Gasteiger partial charge < -0.3 is 10.2 Å². The second kappa shape index (κ2) is 8.79. The summed E-state index contributed by atoms with van der Waals surface area (Å²) in [5.74, 6) is 0.0669. The van der Waals surface area contributed by atoms with E-state index in [0.717, 1.165) is 39.4 Å². The summed E-state index contributed by atoms with van der Waals surface area (Å²) in [5, 5.41) is 4.03. The molecule has 0 saturated carbocycles. The van der Waals surface area contributed by atoms with Crippen molar-refractivity contribution in [1.29, 1.82) is 0 Å². The highest BCUT2D eigenvalue weighted by Gasteiger charge is 2.36. The largest absolute Gasteiger partial charge is 0.325 e. The van der Waals surface area contributed by atoms with Gasteiger partial charge in [-0.15, -0.1) is 11.3 Å². The summed E-state index contributed by atoms with van der Waals surface area (Å²) < 4.78 is 1.12. The lowest BCUT2D eigenvalue weighted by Crippen LogP contribution is -2.39. The van der Waals surface area contributed by atoms with Gasteiger partial charge in [0.15, 0.2) is 0 Å². The third-order valence-corrected chi connectivity index (χ3v) is 7.30. The summed E-state index contributed by atoms with van der Waals surface area (Å²) in [5.41, 5.74) is 2.69. The molecule has 166 valence electrons. The number of nitrogens with one attached hydrogen (secondary N) is 1. The lowest BCUT2D eigenvalue weighted by molar-refractivity contribution is -0.121. The van der Waals surface area contributed by atoms with E-state index in [1.54, 1.807) is 16.2 Å². The number of anilines is 2. The Morgan fingerprint density at radius 1 is 1.03 bits per heavy atom. The van der Waals surface area contributed by atoms with Crippen molar-refractivity contribution in [3.63, 3.8) is 0 Å². The van der Waals surface area contributed by atoms with Crippen LogP contribution in [0.2, 0.25) is 0 Å². The highest BCUT2D eigenvalue weighted by atomic mass is 32.1. The van der Waals surface area contributed by atoms with Crippen molar-refractivity contribution >= 4 is 44.7 Å². The van der Waals surface area contributed by atoms with Crippen molar-refractivity contribution in [2.45, 2.75) is 31.6 Å². The van der Waals surface area contributed by atoms with Crippen LogP contribution in [0.25, 0.3) is 10.2 Å². The molecular formula is C27H25N3O2S. The van der Waals surface area contributed by atoms with Crippen molar-refractivity contribution < 1.29 is 9.59 Å². The maximum atomic E-state index is 13.6. The first kappa shape index (κ1) is 21.3. The molecule has 5 nitrogen and oxygen atoms in total. The van der Waals surface area contributed by atoms with Gasteiger partial charge in [0.05, 0.1) is 20.6 Å². The number of hydrogen-bond donors (Lipinski definition) is 1. The van der Waals surface area contributed by atoms with Crippen molar-refractivity contribution in [2.24, 2.45) is 0 Å². The zero-order valence-electron chi connectivity index (χ0n) is 18.5. The molecule has 2 heterocycles. The lowest BCUT2D eigenvalue weighted by Gasteiger charge is -2.28. The first-order valence-corrected chi connectivity index (χ1v) is 12.0. The number of para-hydroxylation sites is 1. The van der Waals surface area contributed by atoms with Gasteiger partial charge in [-0.25, -0.2) is 4.98 Å². The van der Waals surface area contributed by atoms with Gasteiger partial charge in [-0.05, 0) is 55.3 Å². The van der Waals surface area contributed by atoms with Crippen LogP contribution in [0, 0.1) is 0 Å². The number of hydrogen-bond acceptors (Lipinski definition) is 4. The second-order valence-corrected chi connectivity index (χ2v) is 9.72. The minimum absolute atomic E-state index is 0.0852. The average molecular weight is 456 g/mol. The fraction of sp³-hybridized carbons (Fsp3) is 0.222. The van der Waals surface area contributed by atoms with Crippen molar-refractivity contribution in [1.82, 2.24) is 4.98 Å². The van der Waals surface area contributed by atoms with Crippen LogP contribution in [0.3, 0.4) is 0 Å². The predicted molar refractivity (Wildman–Crippen MR) is 134 cm³/mol. The number of benzene rings is 3. The smallest absolute Gasteiger partial charge is 0.235 e. The van der Waals surface area contributed by atoms with Crippen molar-refractivity contribution in [3.05, 3.63) is 89.4 Å². The number of aromatic nitrogens is 1. The molecule has 0 bridgehead atoms. The standard InChI is InChI=1S/C27H25N3O2S/c1-27(19-8-3-2-4-9-19,18-24-29-22-10-5-6-11-23(22)33-24)26(32)28-20-13-15-21(16-14-20)30-17-7-12-25(30)31/h2-6,8-11,13-16H,7,12,17-18H2,1H3,(H,28,32). The Balaban J connectivity index is 1.41. The van der Waals surface area contributed by atoms with Crippen LogP contribution in [0.1, 0.15) is 30.3 Å². The zero-order chi connectivity index (χ0) is 22.8. The Hall–Kier alpha value is -3.51. The maximum Gasteiger partial charge on any atom is 0.235 e. The summed E-state index contributed by atoms with van der Waals surface area (Å²) in [7, 11) is 0. The molecule has 1 unspecified atom stereocenters. The number of nitrogens with zero attached hydrogens (tertiary/aromatic N) is 2. The third kappa shape index (κ3) is 4.26. The molecule has 1 atom stereocenters. The number of carbonyl (C=O) groups excluding carboxylic acids is 2. The van der Waals surface area contributed by atoms with Crippen molar-refractivity contribution in [3.8, 4) is 0 Å². The molecule has 1 fully saturated rings. The highest BCUT2D eigenvalue weighted by molar-refractivity contribution is 7.18. The molecule has 0 radical (unpaired) electrons. The SMILES string of the molecule is CC(Cc1nc2ccccc2s1)(C(=O)Nc1ccc(N2CCCC2=O)cc1)c1ccccc1. The van der Waals surface area contributed by atoms with Crippen LogP contribution in [0.15, 0.2) is 78.9 Å². The summed E-state index contributed by atoms with van der Waals surface area (Å²) >= 11 is 1.63. The van der Waals surface area contributed by atoms with E-state index >= 15 is 0 Å². The molecule has 2 amide bonds. The molecular weight excluding hydrogens is 430 g/mol. The Morgan fingerprint density at radius 2 is 1.76 bits per heavy atom. The molecule has 6 heteroatoms. The van der Waals surface area contributed by atoms with Gasteiger partial charge in [0, 0.05) is 30.8 Å². The molecule has 33 heavy (non-hydrogen) atoms. The van der Waals surface area contributed by atoms with Crippen LogP contribution in [0.5, 0.6) is 0 Å². The predicted octanol–water partition coefficient (Wildman–Crippen LogP) is 5.56. The van der Waals surface area contributed by atoms with Crippen LogP contribution < -0.4 is 10.2 Å². The van der Waals surface area contributed by atoms with E-state index in [-0.39, 0.29) is 11.8 Å². The molecule has 0 spiro atoms. The molecule has 1 saturated heterocycles. The Labute approximate surface area is 197 Å². The summed E-state index contributed by atoms with van der Waals surface area (Å²) in [4.78, 5) is 32.2. The first-order chi connectivity index (χ1) is 16.0. The highest BCUT2D eigenvalue weighted by Crippen LogP contribution is 2.33. The van der Waals surface area contributed by atoms with E-state index in [4.69, 9.17) is 4.98 Å². The lowest BCUT2D eigenvalue weighted by atomic mass is 9.78. The normalized spacial score (nSPS) is 15.5. The summed E-state index contributed by atoms with van der Waals surface area (Å²) in [6.07, 6.45) is 1.99. The molecule has 4 aromatic rings. The Bertz CT molecular complexity index is 1270. The van der Waals surface area contributed by atoms with E-state index in [9.17, 15) is 9.59 Å². The molecule has 3 aromatic carbocycles. The average Bonchev–Trinajstić information content (AvgIpc) is 3.45. The van der Waals surface area contributed by atoms with Gasteiger partial charge in [-0.2, -0.15) is 0 Å². The van der Waals surface area contributed by atoms with E-state index in [1.165, 1.54) is 0 Å². The fourth-order valence-electron chi connectivity index (χ4n) is 4.33. The maximum absolute atomic E-state index is 13.6. The van der Waals surface area contributed by atoms with Crippen LogP contribution in [-0.4, -0.2) is 23.3 Å². The minimum Gasteiger partial charge on any atom is -0.325 e. The number of carbonyl (C=O) groups is 2. The minimum atomic E-state index is -0.793. The molecule has 5 rings (SSSR count). The topological polar surface area (TPSA) is 62.3 Å². The molecule has 1 aliphatic rings. The molecule has 0 aliphatic carbocycles. The molecule has 1 aromatic heterocycles.